The molecule has 0 amide bonds. The van der Waals surface area contributed by atoms with Gasteiger partial charge in [-0.05, 0) is 55.8 Å². The maximum absolute atomic E-state index is 13.2. The van der Waals surface area contributed by atoms with E-state index in [-0.39, 0.29) is 16.3 Å². The molecule has 0 unspecified atom stereocenters. The number of nitrogens with zero attached hydrogens (tertiary/aromatic N) is 2. The van der Waals surface area contributed by atoms with Crippen LogP contribution in [0.4, 0.5) is 5.69 Å². The minimum absolute atomic E-state index is 0.0202. The molecule has 0 aliphatic carbocycles. The molecule has 0 atom stereocenters. The number of pyridine rings is 1. The highest BCUT2D eigenvalue weighted by atomic mass is 32.2. The van der Waals surface area contributed by atoms with Crippen LogP contribution >= 0.6 is 0 Å². The number of sulfonamides is 1. The number of aryl methyl sites for hydroxylation is 2. The normalized spacial score (nSPS) is 12.0. The summed E-state index contributed by atoms with van der Waals surface area (Å²) in [6, 6.07) is 18.3. The van der Waals surface area contributed by atoms with Crippen molar-refractivity contribution in [3.8, 4) is 11.6 Å². The largest absolute Gasteiger partial charge is 0.494 e. The number of aromatic hydroxyl groups is 1. The predicted molar refractivity (Wildman–Crippen MR) is 126 cm³/mol. The number of nitrogens with two attached hydrogens (primary N) is 1. The molecular weight excluding hydrogens is 426 g/mol. The lowest BCUT2D eigenvalue weighted by Gasteiger charge is -2.16. The van der Waals surface area contributed by atoms with Crippen molar-refractivity contribution in [2.45, 2.75) is 18.7 Å². The van der Waals surface area contributed by atoms with Gasteiger partial charge in [-0.15, -0.1) is 0 Å². The molecule has 0 saturated carbocycles. The number of primary sulfonamides is 1. The fraction of sp³-hybridized carbons (Fsp3) is 0.0833. The van der Waals surface area contributed by atoms with Crippen LogP contribution in [-0.2, 0) is 10.0 Å². The molecule has 32 heavy (non-hydrogen) atoms. The minimum atomic E-state index is -3.80. The Morgan fingerprint density at radius 1 is 0.969 bits per heavy atom. The van der Waals surface area contributed by atoms with Gasteiger partial charge in [0, 0.05) is 17.0 Å². The predicted octanol–water partition coefficient (Wildman–Crippen LogP) is 3.71. The molecule has 162 valence electrons. The van der Waals surface area contributed by atoms with Crippen LogP contribution in [0.3, 0.4) is 0 Å². The summed E-state index contributed by atoms with van der Waals surface area (Å²) < 4.78 is 24.2. The summed E-state index contributed by atoms with van der Waals surface area (Å²) >= 11 is 0. The number of hydrogen-bond donors (Lipinski definition) is 2. The van der Waals surface area contributed by atoms with E-state index in [1.807, 2.05) is 26.0 Å². The van der Waals surface area contributed by atoms with Crippen LogP contribution in [0, 0.1) is 13.8 Å². The number of rotatable bonds is 4. The van der Waals surface area contributed by atoms with E-state index in [9.17, 15) is 18.3 Å². The zero-order valence-corrected chi connectivity index (χ0v) is 18.3. The van der Waals surface area contributed by atoms with Gasteiger partial charge in [-0.3, -0.25) is 9.79 Å². The van der Waals surface area contributed by atoms with Gasteiger partial charge in [0.2, 0.25) is 15.9 Å². The Balaban J connectivity index is 1.91. The molecule has 3 N–H and O–H groups in total. The van der Waals surface area contributed by atoms with E-state index < -0.39 is 10.0 Å². The van der Waals surface area contributed by atoms with Gasteiger partial charge in [0.1, 0.15) is 0 Å². The first-order valence-corrected chi connectivity index (χ1v) is 11.3. The van der Waals surface area contributed by atoms with Gasteiger partial charge in [0.15, 0.2) is 0 Å². The van der Waals surface area contributed by atoms with E-state index >= 15 is 0 Å². The number of aromatic nitrogens is 1. The molecular formula is C24H21N3O4S. The van der Waals surface area contributed by atoms with Crippen LogP contribution in [-0.4, -0.2) is 24.3 Å². The number of benzene rings is 3. The second-order valence-corrected chi connectivity index (χ2v) is 9.07. The molecule has 0 radical (unpaired) electrons. The van der Waals surface area contributed by atoms with Gasteiger partial charge in [0.25, 0.3) is 5.56 Å². The molecule has 0 saturated heterocycles. The van der Waals surface area contributed by atoms with Crippen LogP contribution in [0.25, 0.3) is 16.5 Å². The van der Waals surface area contributed by atoms with Crippen LogP contribution in [0.1, 0.15) is 16.7 Å². The zero-order valence-electron chi connectivity index (χ0n) is 17.5. The Bertz CT molecular complexity index is 1540. The Hall–Kier alpha value is -3.75. The van der Waals surface area contributed by atoms with Crippen LogP contribution in [0.5, 0.6) is 5.88 Å². The van der Waals surface area contributed by atoms with E-state index in [0.29, 0.717) is 27.7 Å². The first-order chi connectivity index (χ1) is 15.2. The highest BCUT2D eigenvalue weighted by Crippen LogP contribution is 2.28. The van der Waals surface area contributed by atoms with Gasteiger partial charge in [0.05, 0.1) is 21.8 Å². The Morgan fingerprint density at radius 2 is 1.62 bits per heavy atom. The average molecular weight is 448 g/mol. The zero-order chi connectivity index (χ0) is 23.0. The highest BCUT2D eigenvalue weighted by molar-refractivity contribution is 7.89. The molecule has 0 aliphatic heterocycles. The smallest absolute Gasteiger partial charge is 0.265 e. The van der Waals surface area contributed by atoms with Crippen molar-refractivity contribution in [3.63, 3.8) is 0 Å². The molecule has 0 fully saturated rings. The molecule has 8 heteroatoms. The first kappa shape index (κ1) is 21.5. The highest BCUT2D eigenvalue weighted by Gasteiger charge is 2.17. The van der Waals surface area contributed by atoms with Crippen molar-refractivity contribution < 1.29 is 13.5 Å². The quantitative estimate of drug-likeness (QED) is 0.464. The molecule has 1 aromatic heterocycles. The topological polar surface area (TPSA) is 115 Å². The molecule has 3 aromatic carbocycles. The standard InChI is InChI=1S/C24H21N3O4S/c1-15-7-12-22(16(2)13-15)27-23(28)20-6-4-3-5-19(20)21(24(27)29)14-26-17-8-10-18(11-9-17)32(25,30)31/h3-14,29H,1-2H3,(H2,25,30,31). The summed E-state index contributed by atoms with van der Waals surface area (Å²) in [6.45, 7) is 3.84. The molecule has 1 heterocycles. The molecule has 0 bridgehead atoms. The van der Waals surface area contributed by atoms with Crippen molar-refractivity contribution in [1.29, 1.82) is 0 Å². The summed E-state index contributed by atoms with van der Waals surface area (Å²) in [5.74, 6) is -0.231. The monoisotopic (exact) mass is 447 g/mol. The molecule has 4 aromatic rings. The van der Waals surface area contributed by atoms with Gasteiger partial charge >= 0.3 is 0 Å². The van der Waals surface area contributed by atoms with Crippen molar-refractivity contribution in [2.24, 2.45) is 10.1 Å². The van der Waals surface area contributed by atoms with Gasteiger partial charge < -0.3 is 5.11 Å². The minimum Gasteiger partial charge on any atom is -0.494 e. The lowest BCUT2D eigenvalue weighted by Crippen LogP contribution is -2.21. The third kappa shape index (κ3) is 3.93. The van der Waals surface area contributed by atoms with E-state index in [4.69, 9.17) is 5.14 Å². The van der Waals surface area contributed by atoms with Gasteiger partial charge in [-0.1, -0.05) is 35.9 Å². The van der Waals surface area contributed by atoms with Crippen LogP contribution in [0.15, 0.2) is 81.4 Å². The molecule has 4 rings (SSSR count). The summed E-state index contributed by atoms with van der Waals surface area (Å²) in [7, 11) is -3.80. The summed E-state index contributed by atoms with van der Waals surface area (Å²) in [5, 5.41) is 17.2. The molecule has 0 spiro atoms. The summed E-state index contributed by atoms with van der Waals surface area (Å²) in [5.41, 5.74) is 2.97. The second-order valence-electron chi connectivity index (χ2n) is 7.51. The average Bonchev–Trinajstić information content (AvgIpc) is 2.75. The van der Waals surface area contributed by atoms with E-state index in [0.717, 1.165) is 11.1 Å². The fourth-order valence-corrected chi connectivity index (χ4v) is 4.15. The van der Waals surface area contributed by atoms with E-state index in [2.05, 4.69) is 4.99 Å². The lowest BCUT2D eigenvalue weighted by molar-refractivity contribution is 0.436. The van der Waals surface area contributed by atoms with Crippen molar-refractivity contribution in [2.75, 3.05) is 0 Å². The molecule has 0 aliphatic rings. The number of aliphatic imine (C=N–C) groups is 1. The van der Waals surface area contributed by atoms with Gasteiger partial charge in [-0.25, -0.2) is 18.1 Å². The first-order valence-electron chi connectivity index (χ1n) is 9.78. The lowest BCUT2D eigenvalue weighted by atomic mass is 10.1. The van der Waals surface area contributed by atoms with Crippen LogP contribution in [0.2, 0.25) is 0 Å². The summed E-state index contributed by atoms with van der Waals surface area (Å²) in [6.07, 6.45) is 1.46. The fourth-order valence-electron chi connectivity index (χ4n) is 3.63. The second kappa shape index (κ2) is 8.07. The Morgan fingerprint density at radius 3 is 2.25 bits per heavy atom. The third-order valence-electron chi connectivity index (χ3n) is 5.20. The SMILES string of the molecule is Cc1ccc(-n2c(O)c(C=Nc3ccc(S(N)(=O)=O)cc3)c3ccccc3c2=O)c(C)c1. The molecule has 7 nitrogen and oxygen atoms in total. The van der Waals surface area contributed by atoms with Crippen molar-refractivity contribution in [3.05, 3.63) is 93.8 Å². The maximum Gasteiger partial charge on any atom is 0.265 e. The number of fused-ring (bicyclic) bond motifs is 1. The Labute approximate surface area is 185 Å². The van der Waals surface area contributed by atoms with Gasteiger partial charge in [-0.2, -0.15) is 0 Å². The van der Waals surface area contributed by atoms with E-state index in [1.165, 1.54) is 35.0 Å². The Kier molecular flexibility index (Phi) is 5.41. The van der Waals surface area contributed by atoms with E-state index in [1.54, 1.807) is 30.3 Å². The van der Waals surface area contributed by atoms with Crippen molar-refractivity contribution in [1.82, 2.24) is 4.57 Å². The third-order valence-corrected chi connectivity index (χ3v) is 6.13. The maximum atomic E-state index is 13.2. The number of hydrogen-bond acceptors (Lipinski definition) is 5. The van der Waals surface area contributed by atoms with Crippen molar-refractivity contribution >= 4 is 32.7 Å². The van der Waals surface area contributed by atoms with Crippen LogP contribution < -0.4 is 10.7 Å². The summed E-state index contributed by atoms with van der Waals surface area (Å²) in [4.78, 5) is 17.6.